The van der Waals surface area contributed by atoms with E-state index >= 15 is 0 Å². The molecule has 0 aromatic heterocycles. The van der Waals surface area contributed by atoms with Crippen LogP contribution in [0, 0.1) is 5.41 Å². The molecule has 0 spiro atoms. The highest BCUT2D eigenvalue weighted by Crippen LogP contribution is 2.22. The van der Waals surface area contributed by atoms with Crippen LogP contribution in [0.4, 0.5) is 0 Å². The summed E-state index contributed by atoms with van der Waals surface area (Å²) in [4.78, 5) is 12.2. The highest BCUT2D eigenvalue weighted by molar-refractivity contribution is 5.75. The van der Waals surface area contributed by atoms with E-state index in [1.165, 1.54) is 0 Å². The fourth-order valence-electron chi connectivity index (χ4n) is 2.96. The van der Waals surface area contributed by atoms with Crippen LogP contribution in [0.15, 0.2) is 0 Å². The topological polar surface area (TPSA) is 111 Å². The Labute approximate surface area is 243 Å². The zero-order valence-corrected chi connectivity index (χ0v) is 27.1. The molecule has 0 aliphatic carbocycles. The molecule has 8 unspecified atom stereocenters. The van der Waals surface area contributed by atoms with Gasteiger partial charge in [-0.25, -0.2) is 0 Å². The molecule has 40 heavy (non-hydrogen) atoms. The van der Waals surface area contributed by atoms with Crippen LogP contribution in [0.25, 0.3) is 0 Å². The second kappa shape index (κ2) is 21.8. The van der Waals surface area contributed by atoms with Gasteiger partial charge in [0, 0.05) is 0 Å². The van der Waals surface area contributed by atoms with E-state index in [9.17, 15) is 4.79 Å². The van der Waals surface area contributed by atoms with Gasteiger partial charge in [0.15, 0.2) is 0 Å². The molecular weight excluding hydrogens is 520 g/mol. The lowest BCUT2D eigenvalue weighted by molar-refractivity contribution is -0.163. The number of aliphatic hydroxyl groups excluding tert-OH is 1. The van der Waals surface area contributed by atoms with Crippen molar-refractivity contribution in [2.24, 2.45) is 5.41 Å². The van der Waals surface area contributed by atoms with Gasteiger partial charge in [0.2, 0.25) is 0 Å². The SMILES string of the molecule is CCC(C)(C)C(=O)OC(C)COC(C)COC(C)COC(C)COC(C)COC(C)COC(C)COC(C)CO. The minimum absolute atomic E-state index is 0.00485. The van der Waals surface area contributed by atoms with E-state index in [2.05, 4.69) is 0 Å². The first kappa shape index (κ1) is 39.1. The van der Waals surface area contributed by atoms with Crippen LogP contribution in [0.3, 0.4) is 0 Å². The summed E-state index contributed by atoms with van der Waals surface area (Å²) in [5.74, 6) is -0.206. The number of ether oxygens (including phenoxy) is 8. The van der Waals surface area contributed by atoms with Gasteiger partial charge in [0.05, 0.1) is 101 Å². The van der Waals surface area contributed by atoms with Gasteiger partial charge in [-0.05, 0) is 75.7 Å². The van der Waals surface area contributed by atoms with Crippen molar-refractivity contribution < 1.29 is 47.8 Å². The summed E-state index contributed by atoms with van der Waals surface area (Å²) in [7, 11) is 0. The Bertz CT molecular complexity index is 632. The van der Waals surface area contributed by atoms with Gasteiger partial charge in [0.25, 0.3) is 0 Å². The maximum Gasteiger partial charge on any atom is 0.311 e. The normalized spacial score (nSPS) is 18.4. The molecule has 0 aromatic carbocycles. The molecule has 10 heteroatoms. The minimum atomic E-state index is -0.490. The maximum absolute atomic E-state index is 12.2. The highest BCUT2D eigenvalue weighted by atomic mass is 16.6. The molecule has 0 rings (SSSR count). The Hall–Kier alpha value is -0.850. The van der Waals surface area contributed by atoms with Crippen molar-refractivity contribution in [3.05, 3.63) is 0 Å². The summed E-state index contributed by atoms with van der Waals surface area (Å²) in [6, 6.07) is 0. The molecule has 0 saturated carbocycles. The van der Waals surface area contributed by atoms with Crippen LogP contribution in [0.5, 0.6) is 0 Å². The predicted octanol–water partition coefficient (Wildman–Crippen LogP) is 4.18. The fourth-order valence-corrected chi connectivity index (χ4v) is 2.96. The summed E-state index contributed by atoms with van der Waals surface area (Å²) in [6.45, 7) is 24.0. The molecule has 0 amide bonds. The Kier molecular flexibility index (Phi) is 21.3. The van der Waals surface area contributed by atoms with Crippen molar-refractivity contribution in [2.75, 3.05) is 52.9 Å². The van der Waals surface area contributed by atoms with Gasteiger partial charge < -0.3 is 43.0 Å². The summed E-state index contributed by atoms with van der Waals surface area (Å²) >= 11 is 0. The number of hydrogen-bond donors (Lipinski definition) is 1. The van der Waals surface area contributed by atoms with Crippen LogP contribution < -0.4 is 0 Å². The standard InChI is InChI=1S/C30H60O10/c1-12-30(10,11)29(32)40-28(9)20-39-27(8)19-38-26(7)18-37-25(6)17-36-24(5)16-35-23(4)15-34-22(3)14-33-21(2)13-31/h21-28,31H,12-20H2,1-11H3. The van der Waals surface area contributed by atoms with Crippen molar-refractivity contribution in [3.63, 3.8) is 0 Å². The summed E-state index contributed by atoms with van der Waals surface area (Å²) in [6.07, 6.45) is -0.349. The number of carbonyl (C=O) groups is 1. The highest BCUT2D eigenvalue weighted by Gasteiger charge is 2.28. The van der Waals surface area contributed by atoms with Crippen molar-refractivity contribution >= 4 is 5.97 Å². The molecule has 8 atom stereocenters. The largest absolute Gasteiger partial charge is 0.460 e. The number of rotatable bonds is 25. The van der Waals surface area contributed by atoms with Crippen LogP contribution in [-0.4, -0.2) is 113 Å². The van der Waals surface area contributed by atoms with Crippen LogP contribution in [-0.2, 0) is 42.7 Å². The van der Waals surface area contributed by atoms with E-state index in [0.29, 0.717) is 46.2 Å². The van der Waals surface area contributed by atoms with Crippen molar-refractivity contribution in [2.45, 2.75) is 131 Å². The van der Waals surface area contributed by atoms with E-state index in [1.807, 2.05) is 76.2 Å². The van der Waals surface area contributed by atoms with Gasteiger partial charge in [0.1, 0.15) is 6.10 Å². The van der Waals surface area contributed by atoms with Gasteiger partial charge in [-0.1, -0.05) is 6.92 Å². The van der Waals surface area contributed by atoms with Crippen LogP contribution in [0.2, 0.25) is 0 Å². The summed E-state index contributed by atoms with van der Waals surface area (Å²) < 4.78 is 45.9. The molecule has 1 N–H and O–H groups in total. The van der Waals surface area contributed by atoms with Gasteiger partial charge in [-0.15, -0.1) is 0 Å². The second-order valence-corrected chi connectivity index (χ2v) is 11.6. The molecule has 0 bridgehead atoms. The lowest BCUT2D eigenvalue weighted by Crippen LogP contribution is -2.32. The molecule has 0 fully saturated rings. The van der Waals surface area contributed by atoms with Crippen molar-refractivity contribution in [3.8, 4) is 0 Å². The lowest BCUT2D eigenvalue weighted by atomic mass is 9.91. The average molecular weight is 581 g/mol. The Morgan fingerprint density at radius 1 is 0.525 bits per heavy atom. The quantitative estimate of drug-likeness (QED) is 0.158. The fraction of sp³-hybridized carbons (Fsp3) is 0.967. The van der Waals surface area contributed by atoms with E-state index in [4.69, 9.17) is 43.0 Å². The van der Waals surface area contributed by atoms with Crippen molar-refractivity contribution in [1.82, 2.24) is 0 Å². The maximum atomic E-state index is 12.2. The summed E-state index contributed by atoms with van der Waals surface area (Å²) in [5.41, 5.74) is -0.490. The molecule has 240 valence electrons. The average Bonchev–Trinajstić information content (AvgIpc) is 2.92. The van der Waals surface area contributed by atoms with E-state index in [-0.39, 0.29) is 61.4 Å². The molecule has 0 radical (unpaired) electrons. The van der Waals surface area contributed by atoms with E-state index in [1.54, 1.807) is 0 Å². The van der Waals surface area contributed by atoms with Crippen LogP contribution in [0.1, 0.15) is 82.6 Å². The molecule has 0 aliphatic heterocycles. The first-order valence-corrected chi connectivity index (χ1v) is 14.8. The minimum Gasteiger partial charge on any atom is -0.460 e. The first-order chi connectivity index (χ1) is 18.7. The Morgan fingerprint density at radius 2 is 0.775 bits per heavy atom. The van der Waals surface area contributed by atoms with Gasteiger partial charge >= 0.3 is 5.97 Å². The third-order valence-corrected chi connectivity index (χ3v) is 6.31. The molecule has 0 saturated heterocycles. The molecular formula is C30H60O10. The lowest BCUT2D eigenvalue weighted by Gasteiger charge is -2.25. The molecule has 0 heterocycles. The third-order valence-electron chi connectivity index (χ3n) is 6.31. The number of hydrogen-bond acceptors (Lipinski definition) is 10. The Morgan fingerprint density at radius 3 is 1.02 bits per heavy atom. The molecule has 10 nitrogen and oxygen atoms in total. The zero-order chi connectivity index (χ0) is 30.7. The van der Waals surface area contributed by atoms with E-state index < -0.39 is 5.41 Å². The number of carbonyl (C=O) groups excluding carboxylic acids is 1. The summed E-state index contributed by atoms with van der Waals surface area (Å²) in [5, 5.41) is 9.00. The van der Waals surface area contributed by atoms with E-state index in [0.717, 1.165) is 6.42 Å². The number of esters is 1. The Balaban J connectivity index is 3.96. The first-order valence-electron chi connectivity index (χ1n) is 14.8. The monoisotopic (exact) mass is 580 g/mol. The molecule has 0 aliphatic rings. The second-order valence-electron chi connectivity index (χ2n) is 11.6. The van der Waals surface area contributed by atoms with Crippen molar-refractivity contribution in [1.29, 1.82) is 0 Å². The smallest absolute Gasteiger partial charge is 0.311 e. The zero-order valence-electron chi connectivity index (χ0n) is 27.1. The van der Waals surface area contributed by atoms with Gasteiger partial charge in [-0.2, -0.15) is 0 Å². The third kappa shape index (κ3) is 20.1. The number of aliphatic hydroxyl groups is 1. The predicted molar refractivity (Wildman–Crippen MR) is 155 cm³/mol. The van der Waals surface area contributed by atoms with Gasteiger partial charge in [-0.3, -0.25) is 4.79 Å². The van der Waals surface area contributed by atoms with Crippen LogP contribution >= 0.6 is 0 Å². The molecule has 0 aromatic rings.